The van der Waals surface area contributed by atoms with Crippen LogP contribution in [0.25, 0.3) is 0 Å². The third kappa shape index (κ3) is 6.90. The normalized spacial score (nSPS) is 11.9. The van der Waals surface area contributed by atoms with E-state index in [1.807, 2.05) is 30.3 Å². The Morgan fingerprint density at radius 1 is 0.912 bits per heavy atom. The highest BCUT2D eigenvalue weighted by Crippen LogP contribution is 2.19. The van der Waals surface area contributed by atoms with Crippen LogP contribution in [0.3, 0.4) is 0 Å². The summed E-state index contributed by atoms with van der Waals surface area (Å²) in [6, 6.07) is 21.0. The molecule has 0 heterocycles. The number of hydrogen-bond donors (Lipinski definition) is 2. The molecule has 0 aliphatic carbocycles. The molecule has 0 bridgehead atoms. The molecule has 8 nitrogen and oxygen atoms in total. The molecule has 178 valence electrons. The number of nitrogens with one attached hydrogen (secondary N) is 2. The molecule has 0 aromatic heterocycles. The Labute approximate surface area is 199 Å². The summed E-state index contributed by atoms with van der Waals surface area (Å²) in [6.07, 6.45) is 0. The number of rotatable bonds is 10. The zero-order valence-electron chi connectivity index (χ0n) is 18.9. The molecule has 3 aromatic carbocycles. The number of ether oxygens (including phenoxy) is 2. The van der Waals surface area contributed by atoms with E-state index in [4.69, 9.17) is 9.47 Å². The SMILES string of the molecule is CCOC(=O)c1ccc(NC(=O)COc2ccc(S(=O)(=O)NC(C)c3ccccc3)cc2)cc1. The van der Waals surface area contributed by atoms with E-state index in [0.29, 0.717) is 17.0 Å². The van der Waals surface area contributed by atoms with Crippen molar-refractivity contribution in [3.63, 3.8) is 0 Å². The van der Waals surface area contributed by atoms with E-state index in [1.54, 1.807) is 38.1 Å². The van der Waals surface area contributed by atoms with Gasteiger partial charge in [0.2, 0.25) is 10.0 Å². The van der Waals surface area contributed by atoms with Gasteiger partial charge < -0.3 is 14.8 Å². The minimum Gasteiger partial charge on any atom is -0.484 e. The number of benzene rings is 3. The van der Waals surface area contributed by atoms with Crippen LogP contribution in [0.5, 0.6) is 5.75 Å². The van der Waals surface area contributed by atoms with Gasteiger partial charge in [0.05, 0.1) is 17.1 Å². The van der Waals surface area contributed by atoms with Crippen molar-refractivity contribution in [2.24, 2.45) is 0 Å². The smallest absolute Gasteiger partial charge is 0.338 e. The number of carbonyl (C=O) groups is 2. The fourth-order valence-electron chi connectivity index (χ4n) is 3.08. The van der Waals surface area contributed by atoms with E-state index >= 15 is 0 Å². The molecule has 0 aliphatic heterocycles. The van der Waals surface area contributed by atoms with Gasteiger partial charge in [-0.25, -0.2) is 17.9 Å². The number of amides is 1. The van der Waals surface area contributed by atoms with Crippen molar-refractivity contribution >= 4 is 27.6 Å². The van der Waals surface area contributed by atoms with Gasteiger partial charge in [-0.15, -0.1) is 0 Å². The first-order valence-corrected chi connectivity index (χ1v) is 12.1. The predicted molar refractivity (Wildman–Crippen MR) is 128 cm³/mol. The molecular weight excluding hydrogens is 456 g/mol. The summed E-state index contributed by atoms with van der Waals surface area (Å²) in [4.78, 5) is 23.9. The van der Waals surface area contributed by atoms with Crippen LogP contribution < -0.4 is 14.8 Å². The number of hydrogen-bond acceptors (Lipinski definition) is 6. The summed E-state index contributed by atoms with van der Waals surface area (Å²) >= 11 is 0. The largest absolute Gasteiger partial charge is 0.484 e. The van der Waals surface area contributed by atoms with Gasteiger partial charge in [-0.05, 0) is 67.9 Å². The van der Waals surface area contributed by atoms with Gasteiger partial charge in [-0.2, -0.15) is 0 Å². The monoisotopic (exact) mass is 482 g/mol. The molecule has 9 heteroatoms. The van der Waals surface area contributed by atoms with E-state index in [-0.39, 0.29) is 18.1 Å². The molecule has 1 atom stereocenters. The highest BCUT2D eigenvalue weighted by Gasteiger charge is 2.18. The van der Waals surface area contributed by atoms with Crippen LogP contribution in [0.1, 0.15) is 35.8 Å². The van der Waals surface area contributed by atoms with Crippen molar-refractivity contribution < 1.29 is 27.5 Å². The number of esters is 1. The zero-order valence-corrected chi connectivity index (χ0v) is 19.7. The van der Waals surface area contributed by atoms with Crippen LogP contribution in [0, 0.1) is 0 Å². The topological polar surface area (TPSA) is 111 Å². The summed E-state index contributed by atoms with van der Waals surface area (Å²) in [7, 11) is -3.73. The van der Waals surface area contributed by atoms with Crippen LogP contribution in [0.2, 0.25) is 0 Å². The lowest BCUT2D eigenvalue weighted by molar-refractivity contribution is -0.118. The van der Waals surface area contributed by atoms with Gasteiger partial charge >= 0.3 is 5.97 Å². The van der Waals surface area contributed by atoms with E-state index < -0.39 is 27.9 Å². The molecule has 0 radical (unpaired) electrons. The molecule has 0 saturated heterocycles. The molecule has 0 spiro atoms. The van der Waals surface area contributed by atoms with E-state index in [9.17, 15) is 18.0 Å². The second-order valence-electron chi connectivity index (χ2n) is 7.36. The minimum absolute atomic E-state index is 0.0915. The minimum atomic E-state index is -3.73. The van der Waals surface area contributed by atoms with E-state index in [1.165, 1.54) is 24.3 Å². The number of anilines is 1. The molecule has 34 heavy (non-hydrogen) atoms. The summed E-state index contributed by atoms with van der Waals surface area (Å²) in [6.45, 7) is 3.51. The second kappa shape index (κ2) is 11.4. The van der Waals surface area contributed by atoms with Crippen LogP contribution in [0.4, 0.5) is 5.69 Å². The average Bonchev–Trinajstić information content (AvgIpc) is 2.84. The maximum absolute atomic E-state index is 12.7. The molecule has 1 unspecified atom stereocenters. The average molecular weight is 483 g/mol. The Bertz CT molecular complexity index is 1210. The molecule has 3 aromatic rings. The maximum Gasteiger partial charge on any atom is 0.338 e. The van der Waals surface area contributed by atoms with Gasteiger partial charge in [0.15, 0.2) is 6.61 Å². The Hall–Kier alpha value is -3.69. The van der Waals surface area contributed by atoms with Crippen LogP contribution in [-0.4, -0.2) is 33.5 Å². The summed E-state index contributed by atoms with van der Waals surface area (Å²) in [5.41, 5.74) is 1.74. The lowest BCUT2D eigenvalue weighted by Gasteiger charge is -2.15. The Balaban J connectivity index is 1.52. The zero-order chi connectivity index (χ0) is 24.6. The van der Waals surface area contributed by atoms with Crippen LogP contribution >= 0.6 is 0 Å². The van der Waals surface area contributed by atoms with Crippen molar-refractivity contribution in [1.29, 1.82) is 0 Å². The highest BCUT2D eigenvalue weighted by atomic mass is 32.2. The van der Waals surface area contributed by atoms with Crippen molar-refractivity contribution in [2.45, 2.75) is 24.8 Å². The predicted octanol–water partition coefficient (Wildman–Crippen LogP) is 3.92. The summed E-state index contributed by atoms with van der Waals surface area (Å²) < 4.78 is 38.3. The third-order valence-electron chi connectivity index (χ3n) is 4.82. The standard InChI is InChI=1S/C25H26N2O6S/c1-3-32-25(29)20-9-11-21(12-10-20)26-24(28)17-33-22-13-15-23(16-14-22)34(30,31)27-18(2)19-7-5-4-6-8-19/h4-16,18,27H,3,17H2,1-2H3,(H,26,28). The fourth-order valence-corrected chi connectivity index (χ4v) is 4.31. The molecule has 2 N–H and O–H groups in total. The number of sulfonamides is 1. The lowest BCUT2D eigenvalue weighted by atomic mass is 10.1. The first-order chi connectivity index (χ1) is 16.3. The van der Waals surface area contributed by atoms with Gasteiger partial charge in [0.1, 0.15) is 5.75 Å². The molecule has 0 fully saturated rings. The first kappa shape index (κ1) is 24.9. The maximum atomic E-state index is 12.7. The third-order valence-corrected chi connectivity index (χ3v) is 6.37. The van der Waals surface area contributed by atoms with Crippen LogP contribution in [-0.2, 0) is 19.6 Å². The van der Waals surface area contributed by atoms with Gasteiger partial charge in [-0.3, -0.25) is 4.79 Å². The van der Waals surface area contributed by atoms with Crippen molar-refractivity contribution in [2.75, 3.05) is 18.5 Å². The molecule has 1 amide bonds. The van der Waals surface area contributed by atoms with Crippen LogP contribution in [0.15, 0.2) is 83.8 Å². The summed E-state index contributed by atoms with van der Waals surface area (Å²) in [5.74, 6) is -0.485. The molecule has 0 aliphatic rings. The number of carbonyl (C=O) groups excluding carboxylic acids is 2. The van der Waals surface area contributed by atoms with Crippen molar-refractivity contribution in [3.05, 3.63) is 90.0 Å². The highest BCUT2D eigenvalue weighted by molar-refractivity contribution is 7.89. The van der Waals surface area contributed by atoms with Crippen molar-refractivity contribution in [3.8, 4) is 5.75 Å². The quantitative estimate of drug-likeness (QED) is 0.424. The van der Waals surface area contributed by atoms with Gasteiger partial charge in [0.25, 0.3) is 5.91 Å². The Kier molecular flexibility index (Phi) is 8.39. The van der Waals surface area contributed by atoms with Crippen molar-refractivity contribution in [1.82, 2.24) is 4.72 Å². The summed E-state index contributed by atoms with van der Waals surface area (Å²) in [5, 5.41) is 2.66. The molecule has 0 saturated carbocycles. The first-order valence-electron chi connectivity index (χ1n) is 10.7. The lowest BCUT2D eigenvalue weighted by Crippen LogP contribution is -2.26. The Morgan fingerprint density at radius 3 is 2.18 bits per heavy atom. The second-order valence-corrected chi connectivity index (χ2v) is 9.07. The van der Waals surface area contributed by atoms with E-state index in [0.717, 1.165) is 5.56 Å². The van der Waals surface area contributed by atoms with E-state index in [2.05, 4.69) is 10.0 Å². The fraction of sp³-hybridized carbons (Fsp3) is 0.200. The Morgan fingerprint density at radius 2 is 1.56 bits per heavy atom. The van der Waals surface area contributed by atoms with Gasteiger partial charge in [0, 0.05) is 11.7 Å². The van der Waals surface area contributed by atoms with Gasteiger partial charge in [-0.1, -0.05) is 30.3 Å². The molecular formula is C25H26N2O6S. The molecule has 3 rings (SSSR count).